The number of ether oxygens (including phenoxy) is 2. The first-order valence-corrected chi connectivity index (χ1v) is 9.39. The summed E-state index contributed by atoms with van der Waals surface area (Å²) in [5, 5.41) is 8.89. The zero-order chi connectivity index (χ0) is 17.8. The van der Waals surface area contributed by atoms with Gasteiger partial charge in [0.25, 0.3) is 0 Å². The topological polar surface area (TPSA) is 102 Å². The van der Waals surface area contributed by atoms with E-state index in [2.05, 4.69) is 0 Å². The third-order valence-corrected chi connectivity index (χ3v) is 7.12. The highest BCUT2D eigenvalue weighted by atomic mass is 35.5. The molecule has 0 amide bonds. The van der Waals surface area contributed by atoms with E-state index in [-0.39, 0.29) is 11.7 Å². The molecule has 2 aromatic carbocycles. The number of hydrogen-bond donors (Lipinski definition) is 1. The van der Waals surface area contributed by atoms with Crippen molar-refractivity contribution in [1.82, 2.24) is 0 Å². The van der Waals surface area contributed by atoms with Crippen LogP contribution in [-0.2, 0) is 9.84 Å². The molecule has 2 N–H and O–H groups in total. The summed E-state index contributed by atoms with van der Waals surface area (Å²) >= 11 is 5.82. The Bertz CT molecular complexity index is 1000. The van der Waals surface area contributed by atoms with Gasteiger partial charge < -0.3 is 15.2 Å². The molecule has 1 heterocycles. The summed E-state index contributed by atoms with van der Waals surface area (Å²) in [6.07, 6.45) is 0. The lowest BCUT2D eigenvalue weighted by molar-refractivity contribution is 0.174. The lowest BCUT2D eigenvalue weighted by Crippen LogP contribution is -2.29. The first-order valence-electron chi connectivity index (χ1n) is 7.47. The molecule has 3 atom stereocenters. The van der Waals surface area contributed by atoms with Crippen molar-refractivity contribution in [3.63, 3.8) is 0 Å². The average molecular weight is 377 g/mol. The van der Waals surface area contributed by atoms with Crippen LogP contribution in [0.5, 0.6) is 11.5 Å². The van der Waals surface area contributed by atoms with E-state index in [1.54, 1.807) is 18.2 Å². The Morgan fingerprint density at radius 2 is 1.84 bits per heavy atom. The van der Waals surface area contributed by atoms with Crippen molar-refractivity contribution < 1.29 is 17.9 Å². The first-order chi connectivity index (χ1) is 11.9. The van der Waals surface area contributed by atoms with Crippen LogP contribution in [0.25, 0.3) is 0 Å². The predicted octanol–water partition coefficient (Wildman–Crippen LogP) is 2.23. The summed E-state index contributed by atoms with van der Waals surface area (Å²) in [6.45, 7) is 0.113. The van der Waals surface area contributed by atoms with Gasteiger partial charge in [0, 0.05) is 10.9 Å². The van der Waals surface area contributed by atoms with Gasteiger partial charge in [-0.3, -0.25) is 0 Å². The Balaban J connectivity index is 1.75. The van der Waals surface area contributed by atoms with E-state index in [4.69, 9.17) is 26.8 Å². The van der Waals surface area contributed by atoms with Crippen molar-refractivity contribution >= 4 is 21.4 Å². The predicted molar refractivity (Wildman–Crippen MR) is 90.3 cm³/mol. The van der Waals surface area contributed by atoms with Gasteiger partial charge in [-0.25, -0.2) is 8.42 Å². The summed E-state index contributed by atoms with van der Waals surface area (Å²) < 4.78 is 36.5. The monoisotopic (exact) mass is 376 g/mol. The molecule has 1 saturated carbocycles. The maximum absolute atomic E-state index is 13.0. The fraction of sp³-hybridized carbons (Fsp3) is 0.235. The van der Waals surface area contributed by atoms with Gasteiger partial charge in [0.1, 0.15) is 10.8 Å². The maximum Gasteiger partial charge on any atom is 0.231 e. The molecule has 0 saturated heterocycles. The zero-order valence-corrected chi connectivity index (χ0v) is 14.4. The van der Waals surface area contributed by atoms with Gasteiger partial charge >= 0.3 is 0 Å². The van der Waals surface area contributed by atoms with Crippen molar-refractivity contribution in [3.05, 3.63) is 53.1 Å². The molecule has 0 bridgehead atoms. The first kappa shape index (κ1) is 16.2. The number of nitrogens with zero attached hydrogens (tertiary/aromatic N) is 1. The van der Waals surface area contributed by atoms with Crippen LogP contribution >= 0.6 is 11.6 Å². The smallest absolute Gasteiger partial charge is 0.231 e. The SMILES string of the molecule is N#C[C@]1(N)[C@@H](c2ccc3c(c2)OCO3)[C@@H]1S(=O)(=O)c1ccc(Cl)cc1. The van der Waals surface area contributed by atoms with Crippen LogP contribution < -0.4 is 15.2 Å². The van der Waals surface area contributed by atoms with Crippen molar-refractivity contribution in [3.8, 4) is 17.6 Å². The highest BCUT2D eigenvalue weighted by Crippen LogP contribution is 2.56. The largest absolute Gasteiger partial charge is 0.454 e. The van der Waals surface area contributed by atoms with E-state index >= 15 is 0 Å². The number of fused-ring (bicyclic) bond motifs is 1. The van der Waals surface area contributed by atoms with E-state index in [1.165, 1.54) is 24.3 Å². The van der Waals surface area contributed by atoms with Crippen LogP contribution in [0.1, 0.15) is 11.5 Å². The van der Waals surface area contributed by atoms with E-state index < -0.39 is 26.5 Å². The summed E-state index contributed by atoms with van der Waals surface area (Å²) in [5.41, 5.74) is 5.27. The Morgan fingerprint density at radius 1 is 1.16 bits per heavy atom. The van der Waals surface area contributed by atoms with Crippen LogP contribution in [0.15, 0.2) is 47.4 Å². The lowest BCUT2D eigenvalue weighted by atomic mass is 10.1. The molecule has 4 rings (SSSR count). The molecule has 0 radical (unpaired) electrons. The standard InChI is InChI=1S/C17H13ClN2O4S/c18-11-2-4-12(5-3-11)25(21,22)16-15(17(16,20)8-19)10-1-6-13-14(7-10)24-9-23-13/h1-7,15-16H,9,20H2/t15-,16-,17-/m0/s1. The molecule has 1 aliphatic carbocycles. The van der Waals surface area contributed by atoms with Gasteiger partial charge in [0.05, 0.1) is 11.0 Å². The number of nitrogens with two attached hydrogens (primary N) is 1. The molecule has 1 fully saturated rings. The Hall–Kier alpha value is -2.27. The minimum atomic E-state index is -3.79. The Morgan fingerprint density at radius 3 is 2.52 bits per heavy atom. The van der Waals surface area contributed by atoms with Crippen LogP contribution in [0.4, 0.5) is 0 Å². The summed E-state index contributed by atoms with van der Waals surface area (Å²) in [6, 6.07) is 12.9. The third kappa shape index (κ3) is 2.37. The summed E-state index contributed by atoms with van der Waals surface area (Å²) in [4.78, 5) is 0.0928. The van der Waals surface area contributed by atoms with Gasteiger partial charge in [-0.15, -0.1) is 0 Å². The molecule has 2 aliphatic rings. The van der Waals surface area contributed by atoms with E-state index in [0.29, 0.717) is 22.1 Å². The molecule has 2 aromatic rings. The van der Waals surface area contributed by atoms with Crippen LogP contribution in [0.2, 0.25) is 5.02 Å². The van der Waals surface area contributed by atoms with Crippen molar-refractivity contribution in [1.29, 1.82) is 5.26 Å². The molecule has 6 nitrogen and oxygen atoms in total. The average Bonchev–Trinajstić information content (AvgIpc) is 2.99. The molecule has 8 heteroatoms. The number of benzene rings is 2. The minimum absolute atomic E-state index is 0.0928. The highest BCUT2D eigenvalue weighted by molar-refractivity contribution is 7.92. The highest BCUT2D eigenvalue weighted by Gasteiger charge is 2.70. The Kier molecular flexibility index (Phi) is 3.48. The molecule has 0 spiro atoms. The third-order valence-electron chi connectivity index (χ3n) is 4.60. The molecule has 128 valence electrons. The fourth-order valence-corrected chi connectivity index (χ4v) is 5.58. The van der Waals surface area contributed by atoms with Crippen molar-refractivity contribution in [2.45, 2.75) is 21.6 Å². The minimum Gasteiger partial charge on any atom is -0.454 e. The van der Waals surface area contributed by atoms with Gasteiger partial charge in [0.15, 0.2) is 21.3 Å². The van der Waals surface area contributed by atoms with E-state index in [1.807, 2.05) is 6.07 Å². The number of rotatable bonds is 3. The number of sulfone groups is 1. The van der Waals surface area contributed by atoms with Crippen LogP contribution in [0.3, 0.4) is 0 Å². The second-order valence-electron chi connectivity index (χ2n) is 6.05. The molecule has 1 aliphatic heterocycles. The van der Waals surface area contributed by atoms with Crippen molar-refractivity contribution in [2.75, 3.05) is 6.79 Å². The van der Waals surface area contributed by atoms with Gasteiger partial charge in [-0.1, -0.05) is 17.7 Å². The number of halogens is 1. The van der Waals surface area contributed by atoms with Crippen LogP contribution in [0, 0.1) is 11.3 Å². The Labute approximate surface area is 149 Å². The zero-order valence-electron chi connectivity index (χ0n) is 12.8. The lowest BCUT2D eigenvalue weighted by Gasteiger charge is -2.05. The second-order valence-corrected chi connectivity index (χ2v) is 8.56. The fourth-order valence-electron chi connectivity index (χ4n) is 3.27. The molecular formula is C17H13ClN2O4S. The van der Waals surface area contributed by atoms with E-state index in [0.717, 1.165) is 0 Å². The van der Waals surface area contributed by atoms with Gasteiger partial charge in [-0.05, 0) is 42.0 Å². The number of nitriles is 1. The molecule has 0 aromatic heterocycles. The normalized spacial score (nSPS) is 26.9. The molecule has 25 heavy (non-hydrogen) atoms. The molecular weight excluding hydrogens is 364 g/mol. The number of hydrogen-bond acceptors (Lipinski definition) is 6. The molecule has 0 unspecified atom stereocenters. The van der Waals surface area contributed by atoms with Gasteiger partial charge in [-0.2, -0.15) is 5.26 Å². The van der Waals surface area contributed by atoms with E-state index in [9.17, 15) is 13.7 Å². The van der Waals surface area contributed by atoms with Crippen LogP contribution in [-0.4, -0.2) is 26.0 Å². The van der Waals surface area contributed by atoms with Gasteiger partial charge in [0.2, 0.25) is 6.79 Å². The van der Waals surface area contributed by atoms with Crippen molar-refractivity contribution in [2.24, 2.45) is 5.73 Å². The second kappa shape index (κ2) is 5.36. The summed E-state index contributed by atoms with van der Waals surface area (Å²) in [5.74, 6) is 0.459. The quantitative estimate of drug-likeness (QED) is 0.881. The summed E-state index contributed by atoms with van der Waals surface area (Å²) in [7, 11) is -3.79. The maximum atomic E-state index is 13.0.